The number of aryl methyl sites for hydroxylation is 2. The van der Waals surface area contributed by atoms with E-state index in [9.17, 15) is 5.11 Å². The molecule has 112 valence electrons. The third kappa shape index (κ3) is 3.79. The Hall–Kier alpha value is -1.94. The van der Waals surface area contributed by atoms with Gasteiger partial charge in [-0.05, 0) is 57.5 Å². The van der Waals surface area contributed by atoms with E-state index in [0.29, 0.717) is 11.7 Å². The quantitative estimate of drug-likeness (QED) is 0.887. The number of aromatic hydroxyl groups is 1. The monoisotopic (exact) mass is 285 g/mol. The van der Waals surface area contributed by atoms with Gasteiger partial charge in [0.25, 0.3) is 0 Å². The Morgan fingerprint density at radius 3 is 2.43 bits per heavy atom. The molecule has 0 fully saturated rings. The first-order valence-corrected chi connectivity index (χ1v) is 7.29. The van der Waals surface area contributed by atoms with Gasteiger partial charge in [-0.2, -0.15) is 0 Å². The van der Waals surface area contributed by atoms with Gasteiger partial charge in [0, 0.05) is 17.0 Å². The second kappa shape index (κ2) is 6.68. The maximum atomic E-state index is 9.58. The van der Waals surface area contributed by atoms with Crippen molar-refractivity contribution in [1.82, 2.24) is 15.3 Å². The molecule has 0 saturated heterocycles. The minimum absolute atomic E-state index is 0.234. The van der Waals surface area contributed by atoms with Crippen LogP contribution in [-0.4, -0.2) is 28.7 Å². The molecule has 21 heavy (non-hydrogen) atoms. The average Bonchev–Trinajstić information content (AvgIpc) is 2.43. The number of hydrogen-bond donors (Lipinski definition) is 2. The lowest BCUT2D eigenvalue weighted by atomic mass is 9.98. The van der Waals surface area contributed by atoms with E-state index in [1.54, 1.807) is 12.1 Å². The van der Waals surface area contributed by atoms with Crippen molar-refractivity contribution in [3.8, 4) is 17.1 Å². The summed E-state index contributed by atoms with van der Waals surface area (Å²) in [6.07, 6.45) is 0.971. The number of phenols is 1. The smallest absolute Gasteiger partial charge is 0.159 e. The van der Waals surface area contributed by atoms with Crippen molar-refractivity contribution in [3.63, 3.8) is 0 Å². The SMILES string of the molecule is CNCC(C)Cc1c(C)nc(-c2cccc(O)c2)nc1C. The Bertz CT molecular complexity index is 602. The molecule has 0 aliphatic heterocycles. The van der Waals surface area contributed by atoms with Crippen molar-refractivity contribution in [3.05, 3.63) is 41.2 Å². The van der Waals surface area contributed by atoms with Crippen molar-refractivity contribution < 1.29 is 5.11 Å². The predicted molar refractivity (Wildman–Crippen MR) is 85.4 cm³/mol. The van der Waals surface area contributed by atoms with Crippen molar-refractivity contribution in [2.75, 3.05) is 13.6 Å². The van der Waals surface area contributed by atoms with Crippen LogP contribution in [0.2, 0.25) is 0 Å². The zero-order valence-corrected chi connectivity index (χ0v) is 13.1. The second-order valence-electron chi connectivity index (χ2n) is 5.61. The number of rotatable bonds is 5. The first-order chi connectivity index (χ1) is 10.0. The minimum Gasteiger partial charge on any atom is -0.508 e. The Labute approximate surface area is 126 Å². The van der Waals surface area contributed by atoms with Gasteiger partial charge < -0.3 is 10.4 Å². The van der Waals surface area contributed by atoms with Gasteiger partial charge in [-0.3, -0.25) is 0 Å². The van der Waals surface area contributed by atoms with E-state index in [0.717, 1.165) is 29.9 Å². The molecule has 1 aromatic heterocycles. The van der Waals surface area contributed by atoms with Gasteiger partial charge >= 0.3 is 0 Å². The first kappa shape index (κ1) is 15.4. The summed E-state index contributed by atoms with van der Waals surface area (Å²) in [6.45, 7) is 7.26. The summed E-state index contributed by atoms with van der Waals surface area (Å²) in [5, 5.41) is 12.8. The van der Waals surface area contributed by atoms with Crippen LogP contribution >= 0.6 is 0 Å². The van der Waals surface area contributed by atoms with Crippen LogP contribution in [0.3, 0.4) is 0 Å². The number of nitrogens with one attached hydrogen (secondary N) is 1. The van der Waals surface area contributed by atoms with Gasteiger partial charge in [-0.25, -0.2) is 9.97 Å². The molecule has 0 radical (unpaired) electrons. The normalized spacial score (nSPS) is 12.4. The molecular formula is C17H23N3O. The molecular weight excluding hydrogens is 262 g/mol. The molecule has 0 aliphatic carbocycles. The summed E-state index contributed by atoms with van der Waals surface area (Å²) in [5.74, 6) is 1.45. The molecule has 0 amide bonds. The molecule has 0 aliphatic rings. The van der Waals surface area contributed by atoms with Gasteiger partial charge in [-0.1, -0.05) is 19.1 Å². The Balaban J connectivity index is 2.33. The minimum atomic E-state index is 0.234. The van der Waals surface area contributed by atoms with E-state index < -0.39 is 0 Å². The van der Waals surface area contributed by atoms with E-state index in [2.05, 4.69) is 22.2 Å². The van der Waals surface area contributed by atoms with Crippen molar-refractivity contribution >= 4 is 0 Å². The van der Waals surface area contributed by atoms with Gasteiger partial charge in [0.15, 0.2) is 5.82 Å². The van der Waals surface area contributed by atoms with Gasteiger partial charge in [0.1, 0.15) is 5.75 Å². The van der Waals surface area contributed by atoms with E-state index in [1.165, 1.54) is 5.56 Å². The lowest BCUT2D eigenvalue weighted by Crippen LogP contribution is -2.19. The third-order valence-electron chi connectivity index (χ3n) is 3.63. The lowest BCUT2D eigenvalue weighted by molar-refractivity contribution is 0.475. The Morgan fingerprint density at radius 2 is 1.86 bits per heavy atom. The van der Waals surface area contributed by atoms with Gasteiger partial charge in [-0.15, -0.1) is 0 Å². The highest BCUT2D eigenvalue weighted by Crippen LogP contribution is 2.23. The van der Waals surface area contributed by atoms with Crippen LogP contribution in [-0.2, 0) is 6.42 Å². The average molecular weight is 285 g/mol. The van der Waals surface area contributed by atoms with Crippen molar-refractivity contribution in [2.24, 2.45) is 5.92 Å². The Kier molecular flexibility index (Phi) is 4.91. The highest BCUT2D eigenvalue weighted by Gasteiger charge is 2.13. The molecule has 2 N–H and O–H groups in total. The topological polar surface area (TPSA) is 58.0 Å². The molecule has 1 unspecified atom stereocenters. The standard InChI is InChI=1S/C17H23N3O/c1-11(10-18-4)8-16-12(2)19-17(20-13(16)3)14-6-5-7-15(21)9-14/h5-7,9,11,18,21H,8,10H2,1-4H3. The van der Waals surface area contributed by atoms with Gasteiger partial charge in [0.05, 0.1) is 0 Å². The summed E-state index contributed by atoms with van der Waals surface area (Å²) in [5.41, 5.74) is 4.10. The summed E-state index contributed by atoms with van der Waals surface area (Å²) in [7, 11) is 1.97. The molecule has 4 nitrogen and oxygen atoms in total. The maximum absolute atomic E-state index is 9.58. The molecule has 1 atom stereocenters. The molecule has 1 aromatic carbocycles. The second-order valence-corrected chi connectivity index (χ2v) is 5.61. The van der Waals surface area contributed by atoms with Crippen LogP contribution < -0.4 is 5.32 Å². The number of nitrogens with zero attached hydrogens (tertiary/aromatic N) is 2. The number of benzene rings is 1. The van der Waals surface area contributed by atoms with Gasteiger partial charge in [0.2, 0.25) is 0 Å². The molecule has 2 rings (SSSR count). The predicted octanol–water partition coefficient (Wildman–Crippen LogP) is 2.86. The molecule has 0 spiro atoms. The van der Waals surface area contributed by atoms with E-state index in [4.69, 9.17) is 0 Å². The van der Waals surface area contributed by atoms with Crippen molar-refractivity contribution in [1.29, 1.82) is 0 Å². The lowest BCUT2D eigenvalue weighted by Gasteiger charge is -2.15. The summed E-state index contributed by atoms with van der Waals surface area (Å²) in [6, 6.07) is 7.06. The largest absolute Gasteiger partial charge is 0.508 e. The molecule has 0 saturated carbocycles. The summed E-state index contributed by atoms with van der Waals surface area (Å²) >= 11 is 0. The van der Waals surface area contributed by atoms with Crippen LogP contribution in [0.1, 0.15) is 23.9 Å². The number of aromatic nitrogens is 2. The number of phenolic OH excluding ortho intramolecular Hbond substituents is 1. The first-order valence-electron chi connectivity index (χ1n) is 7.29. The fourth-order valence-electron chi connectivity index (χ4n) is 2.58. The van der Waals surface area contributed by atoms with Crippen molar-refractivity contribution in [2.45, 2.75) is 27.2 Å². The van der Waals surface area contributed by atoms with Crippen LogP contribution in [0.25, 0.3) is 11.4 Å². The fourth-order valence-corrected chi connectivity index (χ4v) is 2.58. The van der Waals surface area contributed by atoms with E-state index in [-0.39, 0.29) is 5.75 Å². The highest BCUT2D eigenvalue weighted by molar-refractivity contribution is 5.58. The van der Waals surface area contributed by atoms with E-state index in [1.807, 2.05) is 33.0 Å². The summed E-state index contributed by atoms with van der Waals surface area (Å²) in [4.78, 5) is 9.23. The Morgan fingerprint density at radius 1 is 1.19 bits per heavy atom. The summed E-state index contributed by atoms with van der Waals surface area (Å²) < 4.78 is 0. The van der Waals surface area contributed by atoms with Crippen LogP contribution in [0.4, 0.5) is 0 Å². The molecule has 0 bridgehead atoms. The zero-order chi connectivity index (χ0) is 15.4. The molecule has 1 heterocycles. The third-order valence-corrected chi connectivity index (χ3v) is 3.63. The van der Waals surface area contributed by atoms with E-state index >= 15 is 0 Å². The highest BCUT2D eigenvalue weighted by atomic mass is 16.3. The fraction of sp³-hybridized carbons (Fsp3) is 0.412. The zero-order valence-electron chi connectivity index (χ0n) is 13.1. The van der Waals surface area contributed by atoms with Crippen LogP contribution in [0.5, 0.6) is 5.75 Å². The molecule has 4 heteroatoms. The maximum Gasteiger partial charge on any atom is 0.159 e. The van der Waals surface area contributed by atoms with Crippen LogP contribution in [0, 0.1) is 19.8 Å². The molecule has 2 aromatic rings. The number of hydrogen-bond acceptors (Lipinski definition) is 4. The van der Waals surface area contributed by atoms with Crippen LogP contribution in [0.15, 0.2) is 24.3 Å².